The SMILES string of the molecule is CC(NC1CC(c2ccccc2)C1)C1CCCC1. The van der Waals surface area contributed by atoms with Crippen LogP contribution in [0.2, 0.25) is 0 Å². The van der Waals surface area contributed by atoms with Crippen LogP contribution in [0.25, 0.3) is 0 Å². The molecule has 1 heteroatoms. The number of hydrogen-bond donors (Lipinski definition) is 1. The average Bonchev–Trinajstić information content (AvgIpc) is 2.88. The molecule has 0 saturated heterocycles. The maximum absolute atomic E-state index is 3.86. The van der Waals surface area contributed by atoms with Crippen molar-refractivity contribution < 1.29 is 0 Å². The Kier molecular flexibility index (Phi) is 3.69. The predicted octanol–water partition coefficient (Wildman–Crippen LogP) is 4.10. The van der Waals surface area contributed by atoms with E-state index in [1.54, 1.807) is 0 Å². The Labute approximate surface area is 111 Å². The van der Waals surface area contributed by atoms with E-state index in [1.165, 1.54) is 44.1 Å². The van der Waals surface area contributed by atoms with Crippen molar-refractivity contribution in [2.45, 2.75) is 63.5 Å². The van der Waals surface area contributed by atoms with Crippen LogP contribution in [0, 0.1) is 5.92 Å². The highest BCUT2D eigenvalue weighted by Crippen LogP contribution is 2.38. The summed E-state index contributed by atoms with van der Waals surface area (Å²) < 4.78 is 0. The van der Waals surface area contributed by atoms with Crippen molar-refractivity contribution in [1.29, 1.82) is 0 Å². The van der Waals surface area contributed by atoms with Crippen LogP contribution in [0.1, 0.15) is 56.9 Å². The lowest BCUT2D eigenvalue weighted by Crippen LogP contribution is -2.46. The van der Waals surface area contributed by atoms with Crippen LogP contribution in [0.4, 0.5) is 0 Å². The van der Waals surface area contributed by atoms with Crippen LogP contribution in [0.5, 0.6) is 0 Å². The summed E-state index contributed by atoms with van der Waals surface area (Å²) in [5.74, 6) is 1.75. The van der Waals surface area contributed by atoms with Crippen LogP contribution in [0.3, 0.4) is 0 Å². The lowest BCUT2D eigenvalue weighted by atomic mass is 9.75. The molecule has 2 saturated carbocycles. The van der Waals surface area contributed by atoms with Crippen LogP contribution < -0.4 is 5.32 Å². The number of benzene rings is 1. The first-order valence-corrected chi connectivity index (χ1v) is 7.64. The Morgan fingerprint density at radius 3 is 2.39 bits per heavy atom. The normalized spacial score (nSPS) is 30.1. The lowest BCUT2D eigenvalue weighted by molar-refractivity contribution is 0.239. The molecular formula is C17H25N. The van der Waals surface area contributed by atoms with Crippen molar-refractivity contribution in [1.82, 2.24) is 5.32 Å². The maximum atomic E-state index is 3.86. The van der Waals surface area contributed by atoms with Gasteiger partial charge in [-0.15, -0.1) is 0 Å². The van der Waals surface area contributed by atoms with Crippen molar-refractivity contribution in [3.8, 4) is 0 Å². The van der Waals surface area contributed by atoms with Crippen molar-refractivity contribution in [3.63, 3.8) is 0 Å². The van der Waals surface area contributed by atoms with E-state index in [9.17, 15) is 0 Å². The summed E-state index contributed by atoms with van der Waals surface area (Å²) in [6, 6.07) is 12.5. The molecule has 2 fully saturated rings. The standard InChI is InChI=1S/C17H25N/c1-13(14-7-5-6-8-14)18-17-11-16(12-17)15-9-3-2-4-10-15/h2-4,9-10,13-14,16-18H,5-8,11-12H2,1H3. The Balaban J connectivity index is 1.45. The van der Waals surface area contributed by atoms with Gasteiger partial charge in [0.25, 0.3) is 0 Å². The van der Waals surface area contributed by atoms with E-state index in [1.807, 2.05) is 0 Å². The fourth-order valence-corrected chi connectivity index (χ4v) is 3.72. The molecule has 2 aliphatic carbocycles. The van der Waals surface area contributed by atoms with E-state index < -0.39 is 0 Å². The van der Waals surface area contributed by atoms with Crippen LogP contribution in [0.15, 0.2) is 30.3 Å². The second-order valence-electron chi connectivity index (χ2n) is 6.28. The Morgan fingerprint density at radius 1 is 1.06 bits per heavy atom. The Morgan fingerprint density at radius 2 is 1.72 bits per heavy atom. The number of rotatable bonds is 4. The van der Waals surface area contributed by atoms with E-state index in [4.69, 9.17) is 0 Å². The Hall–Kier alpha value is -0.820. The molecule has 1 aromatic carbocycles. The van der Waals surface area contributed by atoms with Gasteiger partial charge in [0.05, 0.1) is 0 Å². The zero-order valence-electron chi connectivity index (χ0n) is 11.4. The lowest BCUT2D eigenvalue weighted by Gasteiger charge is -2.39. The summed E-state index contributed by atoms with van der Waals surface area (Å²) in [6.07, 6.45) is 8.47. The molecule has 0 bridgehead atoms. The molecule has 1 atom stereocenters. The molecule has 0 aromatic heterocycles. The highest BCUT2D eigenvalue weighted by atomic mass is 15.0. The van der Waals surface area contributed by atoms with Crippen molar-refractivity contribution in [3.05, 3.63) is 35.9 Å². The van der Waals surface area contributed by atoms with Gasteiger partial charge in [0.1, 0.15) is 0 Å². The zero-order chi connectivity index (χ0) is 12.4. The molecular weight excluding hydrogens is 218 g/mol. The summed E-state index contributed by atoms with van der Waals surface area (Å²) in [7, 11) is 0. The minimum Gasteiger partial charge on any atom is -0.311 e. The van der Waals surface area contributed by atoms with Gasteiger partial charge in [-0.2, -0.15) is 0 Å². The first-order chi connectivity index (χ1) is 8.83. The number of hydrogen-bond acceptors (Lipinski definition) is 1. The molecule has 3 rings (SSSR count). The fraction of sp³-hybridized carbons (Fsp3) is 0.647. The molecule has 0 heterocycles. The smallest absolute Gasteiger partial charge is 0.00813 e. The highest BCUT2D eigenvalue weighted by Gasteiger charge is 2.32. The van der Waals surface area contributed by atoms with Gasteiger partial charge in [-0.1, -0.05) is 43.2 Å². The third-order valence-corrected chi connectivity index (χ3v) is 5.01. The molecule has 1 nitrogen and oxygen atoms in total. The molecule has 98 valence electrons. The molecule has 1 N–H and O–H groups in total. The van der Waals surface area contributed by atoms with Crippen molar-refractivity contribution >= 4 is 0 Å². The largest absolute Gasteiger partial charge is 0.311 e. The van der Waals surface area contributed by atoms with Crippen molar-refractivity contribution in [2.75, 3.05) is 0 Å². The van der Waals surface area contributed by atoms with E-state index in [-0.39, 0.29) is 0 Å². The third-order valence-electron chi connectivity index (χ3n) is 5.01. The average molecular weight is 243 g/mol. The summed E-state index contributed by atoms with van der Waals surface area (Å²) in [6.45, 7) is 2.39. The van der Waals surface area contributed by atoms with Gasteiger partial charge in [-0.25, -0.2) is 0 Å². The molecule has 18 heavy (non-hydrogen) atoms. The van der Waals surface area contributed by atoms with Gasteiger partial charge >= 0.3 is 0 Å². The summed E-state index contributed by atoms with van der Waals surface area (Å²) in [4.78, 5) is 0. The van der Waals surface area contributed by atoms with Crippen molar-refractivity contribution in [2.24, 2.45) is 5.92 Å². The van der Waals surface area contributed by atoms with E-state index in [2.05, 4.69) is 42.6 Å². The number of nitrogens with one attached hydrogen (secondary N) is 1. The van der Waals surface area contributed by atoms with E-state index in [0.29, 0.717) is 0 Å². The van der Waals surface area contributed by atoms with Gasteiger partial charge < -0.3 is 5.32 Å². The molecule has 1 unspecified atom stereocenters. The quantitative estimate of drug-likeness (QED) is 0.839. The predicted molar refractivity (Wildman–Crippen MR) is 76.8 cm³/mol. The van der Waals surface area contributed by atoms with Crippen LogP contribution in [-0.2, 0) is 0 Å². The molecule has 2 aliphatic rings. The topological polar surface area (TPSA) is 12.0 Å². The second kappa shape index (κ2) is 5.44. The monoisotopic (exact) mass is 243 g/mol. The van der Waals surface area contributed by atoms with E-state index in [0.717, 1.165) is 23.9 Å². The second-order valence-corrected chi connectivity index (χ2v) is 6.28. The minimum absolute atomic E-state index is 0.731. The van der Waals surface area contributed by atoms with Crippen LogP contribution >= 0.6 is 0 Å². The van der Waals surface area contributed by atoms with Gasteiger partial charge in [-0.3, -0.25) is 0 Å². The summed E-state index contributed by atoms with van der Waals surface area (Å²) in [5, 5.41) is 3.86. The minimum atomic E-state index is 0.731. The van der Waals surface area contributed by atoms with Gasteiger partial charge in [-0.05, 0) is 50.0 Å². The third kappa shape index (κ3) is 2.61. The molecule has 1 aromatic rings. The summed E-state index contributed by atoms with van der Waals surface area (Å²) >= 11 is 0. The molecule has 0 amide bonds. The molecule has 0 spiro atoms. The zero-order valence-corrected chi connectivity index (χ0v) is 11.4. The Bertz CT molecular complexity index is 360. The highest BCUT2D eigenvalue weighted by molar-refractivity contribution is 5.22. The van der Waals surface area contributed by atoms with Crippen LogP contribution in [-0.4, -0.2) is 12.1 Å². The van der Waals surface area contributed by atoms with Gasteiger partial charge in [0, 0.05) is 12.1 Å². The molecule has 0 aliphatic heterocycles. The fourth-order valence-electron chi connectivity index (χ4n) is 3.72. The maximum Gasteiger partial charge on any atom is 0.00813 e. The van der Waals surface area contributed by atoms with Gasteiger partial charge in [0.2, 0.25) is 0 Å². The first-order valence-electron chi connectivity index (χ1n) is 7.64. The molecule has 0 radical (unpaired) electrons. The first kappa shape index (κ1) is 12.2. The summed E-state index contributed by atoms with van der Waals surface area (Å²) in [5.41, 5.74) is 1.53. The van der Waals surface area contributed by atoms with E-state index >= 15 is 0 Å². The van der Waals surface area contributed by atoms with Gasteiger partial charge in [0.15, 0.2) is 0 Å².